The maximum atomic E-state index is 14.0. The Hall–Kier alpha value is -2.69. The zero-order valence-electron chi connectivity index (χ0n) is 12.1. The first-order valence-electron chi connectivity index (χ1n) is 7.14. The van der Waals surface area contributed by atoms with E-state index >= 15 is 0 Å². The zero-order chi connectivity index (χ0) is 17.0. The number of rotatable bonds is 1. The Labute approximate surface area is 134 Å². The van der Waals surface area contributed by atoms with Crippen LogP contribution in [0.5, 0.6) is 0 Å². The van der Waals surface area contributed by atoms with Gasteiger partial charge in [-0.2, -0.15) is 0 Å². The molecular formula is C19H8F5. The maximum Gasteiger partial charge on any atom is 0.200 e. The summed E-state index contributed by atoms with van der Waals surface area (Å²) in [6, 6.07) is 13.3. The van der Waals surface area contributed by atoms with E-state index in [4.69, 9.17) is 0 Å². The molecule has 0 aromatic heterocycles. The Morgan fingerprint density at radius 3 is 2.00 bits per heavy atom. The van der Waals surface area contributed by atoms with Crippen LogP contribution in [0.2, 0.25) is 0 Å². The molecule has 24 heavy (non-hydrogen) atoms. The van der Waals surface area contributed by atoms with Crippen LogP contribution in [0.25, 0.3) is 22.3 Å². The maximum absolute atomic E-state index is 14.0. The van der Waals surface area contributed by atoms with Gasteiger partial charge in [-0.25, -0.2) is 22.0 Å². The Bertz CT molecular complexity index is 962. The highest BCUT2D eigenvalue weighted by Crippen LogP contribution is 2.39. The quantitative estimate of drug-likeness (QED) is 0.248. The topological polar surface area (TPSA) is 0 Å². The van der Waals surface area contributed by atoms with Crippen LogP contribution in [0, 0.1) is 35.2 Å². The van der Waals surface area contributed by atoms with Gasteiger partial charge in [-0.05, 0) is 40.3 Å². The van der Waals surface area contributed by atoms with Crippen molar-refractivity contribution in [1.29, 1.82) is 0 Å². The van der Waals surface area contributed by atoms with E-state index in [1.807, 2.05) is 24.3 Å². The zero-order valence-corrected chi connectivity index (χ0v) is 12.1. The normalized spacial score (nSPS) is 12.2. The lowest BCUT2D eigenvalue weighted by molar-refractivity contribution is 0.381. The number of fused-ring (bicyclic) bond motifs is 3. The lowest BCUT2D eigenvalue weighted by atomic mass is 9.98. The Morgan fingerprint density at radius 2 is 1.29 bits per heavy atom. The average Bonchev–Trinajstić information content (AvgIpc) is 2.96. The minimum atomic E-state index is -2.16. The molecule has 0 amide bonds. The first-order chi connectivity index (χ1) is 11.5. The van der Waals surface area contributed by atoms with Gasteiger partial charge in [0.25, 0.3) is 0 Å². The number of hydrogen-bond donors (Lipinski definition) is 0. The van der Waals surface area contributed by atoms with E-state index in [1.165, 1.54) is 6.07 Å². The molecule has 4 rings (SSSR count). The molecule has 0 atom stereocenters. The molecule has 3 aromatic carbocycles. The van der Waals surface area contributed by atoms with E-state index in [9.17, 15) is 22.0 Å². The summed E-state index contributed by atoms with van der Waals surface area (Å²) >= 11 is 0. The third-order valence-corrected chi connectivity index (χ3v) is 4.18. The smallest absolute Gasteiger partial charge is 0.200 e. The van der Waals surface area contributed by atoms with E-state index in [-0.39, 0.29) is 5.56 Å². The summed E-state index contributed by atoms with van der Waals surface area (Å²) in [5.74, 6) is -9.78. The summed E-state index contributed by atoms with van der Waals surface area (Å²) in [6.07, 6.45) is 0.495. The van der Waals surface area contributed by atoms with Crippen molar-refractivity contribution in [3.8, 4) is 22.3 Å². The summed E-state index contributed by atoms with van der Waals surface area (Å²) in [5, 5.41) is 0. The molecule has 0 spiro atoms. The first-order valence-corrected chi connectivity index (χ1v) is 7.14. The second kappa shape index (κ2) is 5.16. The molecule has 0 unspecified atom stereocenters. The summed E-state index contributed by atoms with van der Waals surface area (Å²) < 4.78 is 67.9. The molecule has 0 N–H and O–H groups in total. The standard InChI is InChI=1S/C19H8F5/c20-15-14(16(21)18(23)19(24)17(15)22)10-5-6-13-11(8-10)7-9-3-1-2-4-12(9)13/h1-6H,7H2. The molecule has 119 valence electrons. The van der Waals surface area contributed by atoms with Gasteiger partial charge in [0, 0.05) is 0 Å². The Balaban J connectivity index is 1.91. The van der Waals surface area contributed by atoms with Crippen molar-refractivity contribution in [3.05, 3.63) is 82.7 Å². The van der Waals surface area contributed by atoms with Crippen molar-refractivity contribution in [3.63, 3.8) is 0 Å². The van der Waals surface area contributed by atoms with Gasteiger partial charge < -0.3 is 0 Å². The predicted molar refractivity (Wildman–Crippen MR) is 78.7 cm³/mol. The fraction of sp³-hybridized carbons (Fsp3) is 0.0526. The molecule has 3 aromatic rings. The van der Waals surface area contributed by atoms with Crippen LogP contribution >= 0.6 is 0 Å². The lowest BCUT2D eigenvalue weighted by Gasteiger charge is -2.10. The van der Waals surface area contributed by atoms with E-state index in [0.29, 0.717) is 12.0 Å². The minimum absolute atomic E-state index is 0.158. The van der Waals surface area contributed by atoms with Crippen LogP contribution in [0.1, 0.15) is 11.1 Å². The average molecular weight is 331 g/mol. The van der Waals surface area contributed by atoms with Crippen molar-refractivity contribution >= 4 is 0 Å². The monoisotopic (exact) mass is 331 g/mol. The Morgan fingerprint density at radius 1 is 0.667 bits per heavy atom. The number of hydrogen-bond acceptors (Lipinski definition) is 0. The van der Waals surface area contributed by atoms with Crippen molar-refractivity contribution in [2.24, 2.45) is 0 Å². The molecule has 0 saturated carbocycles. The van der Waals surface area contributed by atoms with Crippen molar-refractivity contribution in [2.75, 3.05) is 0 Å². The molecule has 0 nitrogen and oxygen atoms in total. The first kappa shape index (κ1) is 14.9. The highest BCUT2D eigenvalue weighted by atomic mass is 19.2. The van der Waals surface area contributed by atoms with Gasteiger partial charge in [0.1, 0.15) is 0 Å². The van der Waals surface area contributed by atoms with Gasteiger partial charge >= 0.3 is 0 Å². The molecule has 0 fully saturated rings. The van der Waals surface area contributed by atoms with Crippen LogP contribution in [-0.2, 0) is 6.42 Å². The predicted octanol–water partition coefficient (Wildman–Crippen LogP) is 5.42. The van der Waals surface area contributed by atoms with Crippen LogP contribution in [0.15, 0.2) is 36.4 Å². The molecular weight excluding hydrogens is 323 g/mol. The van der Waals surface area contributed by atoms with Crippen molar-refractivity contribution < 1.29 is 22.0 Å². The number of benzene rings is 3. The SMILES string of the molecule is Fc1c(F)c(F)c(-c2[c]c3c(cc2)-c2ccccc2C3)c(F)c1F. The third kappa shape index (κ3) is 1.97. The van der Waals surface area contributed by atoms with Crippen molar-refractivity contribution in [2.45, 2.75) is 6.42 Å². The Kier molecular flexibility index (Phi) is 3.20. The molecule has 5 heteroatoms. The van der Waals surface area contributed by atoms with Gasteiger partial charge in [0.15, 0.2) is 23.3 Å². The lowest BCUT2D eigenvalue weighted by Crippen LogP contribution is -2.04. The number of halogens is 5. The highest BCUT2D eigenvalue weighted by Gasteiger charge is 2.28. The van der Waals surface area contributed by atoms with Crippen LogP contribution in [0.4, 0.5) is 22.0 Å². The second-order valence-corrected chi connectivity index (χ2v) is 5.54. The van der Waals surface area contributed by atoms with Gasteiger partial charge in [-0.15, -0.1) is 0 Å². The van der Waals surface area contributed by atoms with Crippen LogP contribution in [-0.4, -0.2) is 0 Å². The van der Waals surface area contributed by atoms with E-state index < -0.39 is 34.6 Å². The van der Waals surface area contributed by atoms with Crippen LogP contribution < -0.4 is 0 Å². The molecule has 0 saturated heterocycles. The second-order valence-electron chi connectivity index (χ2n) is 5.54. The molecule has 1 aliphatic rings. The van der Waals surface area contributed by atoms with E-state index in [0.717, 1.165) is 16.7 Å². The molecule has 0 heterocycles. The van der Waals surface area contributed by atoms with Gasteiger partial charge in [0.2, 0.25) is 5.82 Å². The molecule has 1 aliphatic carbocycles. The minimum Gasteiger partial charge on any atom is -0.203 e. The molecule has 1 radical (unpaired) electrons. The molecule has 0 bridgehead atoms. The summed E-state index contributed by atoms with van der Waals surface area (Å²) in [4.78, 5) is 0. The fourth-order valence-electron chi connectivity index (χ4n) is 3.05. The summed E-state index contributed by atoms with van der Waals surface area (Å²) in [5.41, 5.74) is 2.40. The fourth-order valence-corrected chi connectivity index (χ4v) is 3.05. The van der Waals surface area contributed by atoms with Crippen molar-refractivity contribution in [1.82, 2.24) is 0 Å². The highest BCUT2D eigenvalue weighted by molar-refractivity contribution is 5.80. The van der Waals surface area contributed by atoms with E-state index in [1.54, 1.807) is 6.07 Å². The summed E-state index contributed by atoms with van der Waals surface area (Å²) in [6.45, 7) is 0. The van der Waals surface area contributed by atoms with Gasteiger partial charge in [0.05, 0.1) is 5.56 Å². The molecule has 0 aliphatic heterocycles. The van der Waals surface area contributed by atoms with Gasteiger partial charge in [-0.1, -0.05) is 36.4 Å². The van der Waals surface area contributed by atoms with Gasteiger partial charge in [-0.3, -0.25) is 0 Å². The van der Waals surface area contributed by atoms with Crippen LogP contribution in [0.3, 0.4) is 0 Å². The van der Waals surface area contributed by atoms with E-state index in [2.05, 4.69) is 6.07 Å². The summed E-state index contributed by atoms with van der Waals surface area (Å²) in [7, 11) is 0. The third-order valence-electron chi connectivity index (χ3n) is 4.18. The largest absolute Gasteiger partial charge is 0.203 e.